The molecule has 1 amide bonds. The number of aromatic amines is 2. The van der Waals surface area contributed by atoms with Crippen LogP contribution in [0.2, 0.25) is 0 Å². The van der Waals surface area contributed by atoms with Crippen LogP contribution in [0.1, 0.15) is 32.9 Å². The molecule has 0 atom stereocenters. The number of nitrogens with zero attached hydrogens (tertiary/aromatic N) is 2. The number of benzene rings is 1. The quantitative estimate of drug-likeness (QED) is 0.735. The molecule has 2 aromatic heterocycles. The smallest absolute Gasteiger partial charge is 0.261 e. The van der Waals surface area contributed by atoms with Crippen LogP contribution in [0.3, 0.4) is 0 Å². The molecule has 0 bridgehead atoms. The molecule has 1 aromatic carbocycles. The molecule has 0 unspecified atom stereocenters. The van der Waals surface area contributed by atoms with Crippen molar-refractivity contribution >= 4 is 5.91 Å². The lowest BCUT2D eigenvalue weighted by atomic mass is 10.0. The van der Waals surface area contributed by atoms with Gasteiger partial charge in [-0.1, -0.05) is 30.3 Å². The summed E-state index contributed by atoms with van der Waals surface area (Å²) in [6, 6.07) is 11.9. The van der Waals surface area contributed by atoms with Crippen LogP contribution in [0, 0.1) is 13.8 Å². The first-order chi connectivity index (χ1) is 13.0. The van der Waals surface area contributed by atoms with Crippen molar-refractivity contribution in [1.82, 2.24) is 20.1 Å². The molecule has 27 heavy (non-hydrogen) atoms. The number of nitrogens with one attached hydrogen (secondary N) is 2. The van der Waals surface area contributed by atoms with Gasteiger partial charge in [0.05, 0.1) is 5.69 Å². The minimum Gasteiger partial charge on any atom is -0.338 e. The average molecular weight is 362 g/mol. The van der Waals surface area contributed by atoms with E-state index in [4.69, 9.17) is 0 Å². The summed E-state index contributed by atoms with van der Waals surface area (Å²) in [5.74, 6) is -0.201. The van der Waals surface area contributed by atoms with Crippen LogP contribution in [-0.2, 0) is 12.8 Å². The zero-order valence-electron chi connectivity index (χ0n) is 15.5. The van der Waals surface area contributed by atoms with E-state index in [2.05, 4.69) is 15.2 Å². The molecule has 0 fully saturated rings. The number of carbonyl (C=O) groups excluding carboxylic acids is 1. The van der Waals surface area contributed by atoms with Crippen LogP contribution in [0.5, 0.6) is 0 Å². The van der Waals surface area contributed by atoms with E-state index in [0.717, 1.165) is 33.8 Å². The molecule has 3 aromatic rings. The SMILES string of the molecule is Cc1cc(C)c(C(=O)N2CCc3[nH]nc(-c4ccccc4)c3CC2)c(=O)[nH]1. The van der Waals surface area contributed by atoms with Gasteiger partial charge in [0.1, 0.15) is 5.56 Å². The fraction of sp³-hybridized carbons (Fsp3) is 0.286. The Balaban J connectivity index is 1.60. The third-order valence-electron chi connectivity index (χ3n) is 5.13. The van der Waals surface area contributed by atoms with Crippen molar-refractivity contribution in [3.05, 3.63) is 74.8 Å². The molecule has 0 saturated carbocycles. The van der Waals surface area contributed by atoms with Crippen molar-refractivity contribution in [3.8, 4) is 11.3 Å². The van der Waals surface area contributed by atoms with Gasteiger partial charge < -0.3 is 9.88 Å². The number of fused-ring (bicyclic) bond motifs is 1. The predicted molar refractivity (Wildman–Crippen MR) is 104 cm³/mol. The molecule has 138 valence electrons. The summed E-state index contributed by atoms with van der Waals surface area (Å²) in [4.78, 5) is 29.8. The topological polar surface area (TPSA) is 81.8 Å². The lowest BCUT2D eigenvalue weighted by Crippen LogP contribution is -2.37. The molecule has 6 nitrogen and oxygen atoms in total. The lowest BCUT2D eigenvalue weighted by molar-refractivity contribution is 0.0760. The van der Waals surface area contributed by atoms with E-state index in [0.29, 0.717) is 25.9 Å². The molecular formula is C21H22N4O2. The number of H-pyrrole nitrogens is 2. The Morgan fingerprint density at radius 3 is 2.59 bits per heavy atom. The van der Waals surface area contributed by atoms with Gasteiger partial charge in [0, 0.05) is 42.0 Å². The molecule has 0 spiro atoms. The van der Waals surface area contributed by atoms with Gasteiger partial charge in [0.15, 0.2) is 0 Å². The minimum atomic E-state index is -0.313. The third-order valence-corrected chi connectivity index (χ3v) is 5.13. The zero-order chi connectivity index (χ0) is 19.0. The van der Waals surface area contributed by atoms with E-state index in [-0.39, 0.29) is 17.0 Å². The Kier molecular flexibility index (Phi) is 4.39. The lowest BCUT2D eigenvalue weighted by Gasteiger charge is -2.21. The van der Waals surface area contributed by atoms with Crippen molar-refractivity contribution < 1.29 is 4.79 Å². The maximum Gasteiger partial charge on any atom is 0.261 e. The average Bonchev–Trinajstić information content (AvgIpc) is 2.93. The van der Waals surface area contributed by atoms with Crippen LogP contribution < -0.4 is 5.56 Å². The van der Waals surface area contributed by atoms with Gasteiger partial charge in [-0.05, 0) is 31.9 Å². The van der Waals surface area contributed by atoms with Gasteiger partial charge in [-0.15, -0.1) is 0 Å². The Hall–Kier alpha value is -3.15. The van der Waals surface area contributed by atoms with E-state index in [1.165, 1.54) is 0 Å². The Morgan fingerprint density at radius 1 is 1.11 bits per heavy atom. The molecule has 2 N–H and O–H groups in total. The third kappa shape index (κ3) is 3.18. The van der Waals surface area contributed by atoms with Gasteiger partial charge in [0.2, 0.25) is 0 Å². The standard InChI is InChI=1S/C21H22N4O2/c1-13-12-14(2)22-20(26)18(13)21(27)25-10-8-16-17(9-11-25)23-24-19(16)15-6-4-3-5-7-15/h3-7,12H,8-11H2,1-2H3,(H,22,26)(H,23,24). The van der Waals surface area contributed by atoms with Crippen LogP contribution in [-0.4, -0.2) is 39.1 Å². The van der Waals surface area contributed by atoms with Crippen molar-refractivity contribution in [3.63, 3.8) is 0 Å². The fourth-order valence-corrected chi connectivity index (χ4v) is 3.80. The summed E-state index contributed by atoms with van der Waals surface area (Å²) < 4.78 is 0. The molecule has 1 aliphatic rings. The fourth-order valence-electron chi connectivity index (χ4n) is 3.80. The summed E-state index contributed by atoms with van der Waals surface area (Å²) in [7, 11) is 0. The second-order valence-corrected chi connectivity index (χ2v) is 7.03. The van der Waals surface area contributed by atoms with Crippen LogP contribution in [0.4, 0.5) is 0 Å². The second kappa shape index (κ2) is 6.87. The molecule has 3 heterocycles. The van der Waals surface area contributed by atoms with Crippen molar-refractivity contribution in [2.45, 2.75) is 26.7 Å². The minimum absolute atomic E-state index is 0.201. The van der Waals surface area contributed by atoms with Crippen molar-refractivity contribution in [1.29, 1.82) is 0 Å². The number of carbonyl (C=O) groups is 1. The van der Waals surface area contributed by atoms with Crippen LogP contribution in [0.25, 0.3) is 11.3 Å². The van der Waals surface area contributed by atoms with E-state index >= 15 is 0 Å². The van der Waals surface area contributed by atoms with Gasteiger partial charge in [-0.25, -0.2) is 0 Å². The number of hydrogen-bond acceptors (Lipinski definition) is 3. The van der Waals surface area contributed by atoms with Crippen LogP contribution >= 0.6 is 0 Å². The number of rotatable bonds is 2. The first kappa shape index (κ1) is 17.3. The van der Waals surface area contributed by atoms with Crippen molar-refractivity contribution in [2.75, 3.05) is 13.1 Å². The number of aryl methyl sites for hydroxylation is 2. The zero-order valence-corrected chi connectivity index (χ0v) is 15.5. The highest BCUT2D eigenvalue weighted by molar-refractivity contribution is 5.95. The first-order valence-corrected chi connectivity index (χ1v) is 9.16. The van der Waals surface area contributed by atoms with Gasteiger partial charge in [-0.2, -0.15) is 5.10 Å². The van der Waals surface area contributed by atoms with Crippen molar-refractivity contribution in [2.24, 2.45) is 0 Å². The Morgan fingerprint density at radius 2 is 1.85 bits per heavy atom. The van der Waals surface area contributed by atoms with Gasteiger partial charge in [-0.3, -0.25) is 14.7 Å². The summed E-state index contributed by atoms with van der Waals surface area (Å²) >= 11 is 0. The monoisotopic (exact) mass is 362 g/mol. The number of hydrogen-bond donors (Lipinski definition) is 2. The Labute approximate surface area is 157 Å². The molecule has 4 rings (SSSR count). The van der Waals surface area contributed by atoms with Gasteiger partial charge >= 0.3 is 0 Å². The normalized spacial score (nSPS) is 13.9. The molecule has 0 radical (unpaired) electrons. The van der Waals surface area contributed by atoms with E-state index in [9.17, 15) is 9.59 Å². The number of pyridine rings is 1. The van der Waals surface area contributed by atoms with E-state index in [1.54, 1.807) is 4.90 Å². The molecule has 0 aliphatic carbocycles. The summed E-state index contributed by atoms with van der Waals surface area (Å²) in [5.41, 5.74) is 5.66. The molecule has 0 saturated heterocycles. The molecule has 6 heteroatoms. The number of amides is 1. The largest absolute Gasteiger partial charge is 0.338 e. The summed E-state index contributed by atoms with van der Waals surface area (Å²) in [5, 5.41) is 7.63. The highest BCUT2D eigenvalue weighted by Gasteiger charge is 2.26. The molecule has 1 aliphatic heterocycles. The first-order valence-electron chi connectivity index (χ1n) is 9.16. The number of aromatic nitrogens is 3. The Bertz CT molecular complexity index is 1050. The molecular weight excluding hydrogens is 340 g/mol. The summed E-state index contributed by atoms with van der Waals surface area (Å²) in [6.07, 6.45) is 1.41. The predicted octanol–water partition coefficient (Wildman–Crippen LogP) is 2.62. The summed E-state index contributed by atoms with van der Waals surface area (Å²) in [6.45, 7) is 4.76. The van der Waals surface area contributed by atoms with E-state index < -0.39 is 0 Å². The highest BCUT2D eigenvalue weighted by Crippen LogP contribution is 2.26. The van der Waals surface area contributed by atoms with Crippen LogP contribution in [0.15, 0.2) is 41.2 Å². The highest BCUT2D eigenvalue weighted by atomic mass is 16.2. The maximum atomic E-state index is 13.0. The van der Waals surface area contributed by atoms with E-state index in [1.807, 2.05) is 50.2 Å². The second-order valence-electron chi connectivity index (χ2n) is 7.03. The maximum absolute atomic E-state index is 13.0. The van der Waals surface area contributed by atoms with Gasteiger partial charge in [0.25, 0.3) is 11.5 Å².